The first kappa shape index (κ1) is 23.4. The molecule has 0 N–H and O–H groups in total. The van der Waals surface area contributed by atoms with E-state index in [2.05, 4.69) is 40.7 Å². The van der Waals surface area contributed by atoms with Crippen molar-refractivity contribution in [1.82, 2.24) is 0 Å². The summed E-state index contributed by atoms with van der Waals surface area (Å²) in [7, 11) is 0. The lowest BCUT2D eigenvalue weighted by Crippen LogP contribution is -2.51. The SMILES string of the molecule is CC(C)CCCCC(C)C1CC[C@H]2[C@@H]3CC=C4C[C@@H](OC=O)CC[C@]4(C)[C@H]3CC[C@]12C. The van der Waals surface area contributed by atoms with Crippen molar-refractivity contribution < 1.29 is 9.53 Å². The minimum Gasteiger partial charge on any atom is -0.464 e. The smallest absolute Gasteiger partial charge is 0.293 e. The number of ether oxygens (including phenoxy) is 1. The summed E-state index contributed by atoms with van der Waals surface area (Å²) in [4.78, 5) is 10.9. The van der Waals surface area contributed by atoms with Crippen molar-refractivity contribution in [3.8, 4) is 0 Å². The van der Waals surface area contributed by atoms with Gasteiger partial charge in [0.15, 0.2) is 0 Å². The van der Waals surface area contributed by atoms with Crippen LogP contribution in [-0.4, -0.2) is 12.6 Å². The monoisotopic (exact) mass is 428 g/mol. The minimum absolute atomic E-state index is 0.120. The van der Waals surface area contributed by atoms with Crippen LogP contribution in [-0.2, 0) is 9.53 Å². The molecule has 3 saturated carbocycles. The molecule has 3 fully saturated rings. The average Bonchev–Trinajstić information content (AvgIpc) is 3.08. The Morgan fingerprint density at radius 1 is 1.03 bits per heavy atom. The maximum absolute atomic E-state index is 10.9. The highest BCUT2D eigenvalue weighted by Gasteiger charge is 2.59. The summed E-state index contributed by atoms with van der Waals surface area (Å²) >= 11 is 0. The van der Waals surface area contributed by atoms with Gasteiger partial charge in [-0.25, -0.2) is 0 Å². The second-order valence-corrected chi connectivity index (χ2v) is 12.7. The standard InChI is InChI=1S/C29H48O2/c1-20(2)8-6-7-9-21(3)25-12-13-26-24-11-10-22-18-23(31-19-30)14-16-28(22,4)27(24)15-17-29(25,26)5/h10,19-21,23-27H,6-9,11-18H2,1-5H3/t21?,23-,24-,25?,26-,27-,28-,29+/m0/s1. The molecule has 0 aromatic rings. The van der Waals surface area contributed by atoms with Crippen molar-refractivity contribution in [2.75, 3.05) is 0 Å². The summed E-state index contributed by atoms with van der Waals surface area (Å²) in [6.45, 7) is 13.2. The molecule has 4 rings (SSSR count). The summed E-state index contributed by atoms with van der Waals surface area (Å²) in [5, 5.41) is 0. The molecule has 8 atom stereocenters. The molecule has 0 spiro atoms. The van der Waals surface area contributed by atoms with E-state index in [0.29, 0.717) is 17.3 Å². The number of fused-ring (bicyclic) bond motifs is 5. The van der Waals surface area contributed by atoms with Crippen molar-refractivity contribution in [2.45, 2.75) is 118 Å². The van der Waals surface area contributed by atoms with Gasteiger partial charge in [-0.1, -0.05) is 72.0 Å². The Morgan fingerprint density at radius 2 is 1.81 bits per heavy atom. The van der Waals surface area contributed by atoms with Crippen LogP contribution in [0.3, 0.4) is 0 Å². The molecule has 0 aliphatic heterocycles. The molecular formula is C29H48O2. The van der Waals surface area contributed by atoms with Gasteiger partial charge in [-0.3, -0.25) is 4.79 Å². The number of hydrogen-bond acceptors (Lipinski definition) is 2. The van der Waals surface area contributed by atoms with Gasteiger partial charge in [-0.15, -0.1) is 0 Å². The first-order valence-corrected chi connectivity index (χ1v) is 13.6. The molecule has 4 aliphatic rings. The molecule has 2 heteroatoms. The molecule has 31 heavy (non-hydrogen) atoms. The van der Waals surface area contributed by atoms with Gasteiger partial charge in [0.1, 0.15) is 6.10 Å². The second kappa shape index (κ2) is 9.22. The Morgan fingerprint density at radius 3 is 2.55 bits per heavy atom. The lowest BCUT2D eigenvalue weighted by Gasteiger charge is -2.58. The quantitative estimate of drug-likeness (QED) is 0.223. The zero-order valence-electron chi connectivity index (χ0n) is 21.0. The van der Waals surface area contributed by atoms with Crippen LogP contribution in [0.25, 0.3) is 0 Å². The number of allylic oxidation sites excluding steroid dienone is 1. The highest BCUT2D eigenvalue weighted by molar-refractivity contribution is 5.38. The maximum atomic E-state index is 10.9. The van der Waals surface area contributed by atoms with Crippen LogP contribution in [0.15, 0.2) is 11.6 Å². The van der Waals surface area contributed by atoms with Gasteiger partial charge in [0.25, 0.3) is 6.47 Å². The third-order valence-electron chi connectivity index (χ3n) is 10.8. The van der Waals surface area contributed by atoms with Crippen LogP contribution in [0.4, 0.5) is 0 Å². The fourth-order valence-electron chi connectivity index (χ4n) is 9.02. The normalized spacial score (nSPS) is 42.9. The molecule has 0 aromatic carbocycles. The van der Waals surface area contributed by atoms with E-state index >= 15 is 0 Å². The van der Waals surface area contributed by atoms with E-state index in [1.165, 1.54) is 64.2 Å². The third-order valence-corrected chi connectivity index (χ3v) is 10.8. The minimum atomic E-state index is 0.120. The Kier molecular flexibility index (Phi) is 6.95. The van der Waals surface area contributed by atoms with Crippen molar-refractivity contribution in [2.24, 2.45) is 46.3 Å². The summed E-state index contributed by atoms with van der Waals surface area (Å²) in [5.74, 6) is 5.34. The third kappa shape index (κ3) is 4.26. The maximum Gasteiger partial charge on any atom is 0.293 e. The summed E-state index contributed by atoms with van der Waals surface area (Å²) in [5.41, 5.74) is 2.54. The van der Waals surface area contributed by atoms with Gasteiger partial charge in [-0.05, 0) is 91.3 Å². The van der Waals surface area contributed by atoms with Crippen molar-refractivity contribution >= 4 is 6.47 Å². The molecule has 0 aromatic heterocycles. The van der Waals surface area contributed by atoms with Crippen LogP contribution in [0.2, 0.25) is 0 Å². The number of rotatable bonds is 8. The first-order valence-electron chi connectivity index (χ1n) is 13.6. The Labute approximate surface area is 192 Å². The lowest BCUT2D eigenvalue weighted by molar-refractivity contribution is -0.136. The molecule has 2 nitrogen and oxygen atoms in total. The molecule has 0 saturated heterocycles. The van der Waals surface area contributed by atoms with Gasteiger partial charge in [0, 0.05) is 6.42 Å². The Bertz CT molecular complexity index is 666. The van der Waals surface area contributed by atoms with E-state index in [4.69, 9.17) is 4.74 Å². The Balaban J connectivity index is 1.44. The van der Waals surface area contributed by atoms with E-state index in [1.807, 2.05) is 0 Å². The van der Waals surface area contributed by atoms with Gasteiger partial charge in [0.05, 0.1) is 0 Å². The zero-order valence-corrected chi connectivity index (χ0v) is 21.0. The van der Waals surface area contributed by atoms with Crippen molar-refractivity contribution in [1.29, 1.82) is 0 Å². The van der Waals surface area contributed by atoms with Crippen LogP contribution < -0.4 is 0 Å². The lowest BCUT2D eigenvalue weighted by atomic mass is 9.47. The summed E-state index contributed by atoms with van der Waals surface area (Å²) in [6.07, 6.45) is 18.7. The topological polar surface area (TPSA) is 26.3 Å². The van der Waals surface area contributed by atoms with Crippen LogP contribution in [0, 0.1) is 46.3 Å². The fraction of sp³-hybridized carbons (Fsp3) is 0.897. The predicted molar refractivity (Wildman–Crippen MR) is 129 cm³/mol. The molecule has 0 radical (unpaired) electrons. The second-order valence-electron chi connectivity index (χ2n) is 12.7. The van der Waals surface area contributed by atoms with Gasteiger partial charge < -0.3 is 4.74 Å². The zero-order chi connectivity index (χ0) is 22.2. The highest BCUT2D eigenvalue weighted by atomic mass is 16.5. The molecule has 0 amide bonds. The molecule has 0 heterocycles. The van der Waals surface area contributed by atoms with E-state index in [9.17, 15) is 4.79 Å². The summed E-state index contributed by atoms with van der Waals surface area (Å²) < 4.78 is 5.37. The first-order chi connectivity index (χ1) is 14.8. The van der Waals surface area contributed by atoms with E-state index in [-0.39, 0.29) is 6.10 Å². The predicted octanol–water partition coefficient (Wildman–Crippen LogP) is 7.96. The largest absolute Gasteiger partial charge is 0.464 e. The average molecular weight is 429 g/mol. The molecule has 176 valence electrons. The number of unbranched alkanes of at least 4 members (excludes halogenated alkanes) is 1. The Hall–Kier alpha value is -0.790. The van der Waals surface area contributed by atoms with Crippen molar-refractivity contribution in [3.63, 3.8) is 0 Å². The highest BCUT2D eigenvalue weighted by Crippen LogP contribution is 2.67. The van der Waals surface area contributed by atoms with E-state index in [1.54, 1.807) is 5.57 Å². The van der Waals surface area contributed by atoms with Crippen LogP contribution >= 0.6 is 0 Å². The van der Waals surface area contributed by atoms with Crippen molar-refractivity contribution in [3.05, 3.63) is 11.6 Å². The number of hydrogen-bond donors (Lipinski definition) is 0. The van der Waals surface area contributed by atoms with Gasteiger partial charge in [-0.2, -0.15) is 0 Å². The van der Waals surface area contributed by atoms with Gasteiger partial charge in [0.2, 0.25) is 0 Å². The molecule has 0 bridgehead atoms. The van der Waals surface area contributed by atoms with Gasteiger partial charge >= 0.3 is 0 Å². The fourth-order valence-corrected chi connectivity index (χ4v) is 9.02. The summed E-state index contributed by atoms with van der Waals surface area (Å²) in [6, 6.07) is 0. The molecular weight excluding hydrogens is 380 g/mol. The van der Waals surface area contributed by atoms with E-state index in [0.717, 1.165) is 48.3 Å². The van der Waals surface area contributed by atoms with E-state index < -0.39 is 0 Å². The number of carbonyl (C=O) groups excluding carboxylic acids is 1. The number of carbonyl (C=O) groups is 1. The van der Waals surface area contributed by atoms with Crippen LogP contribution in [0.5, 0.6) is 0 Å². The van der Waals surface area contributed by atoms with Crippen LogP contribution in [0.1, 0.15) is 112 Å². The molecule has 4 aliphatic carbocycles. The molecule has 2 unspecified atom stereocenters.